The molecule has 1 rings (SSSR count). The Morgan fingerprint density at radius 2 is 2.38 bits per heavy atom. The maximum atomic E-state index is 11.7. The molecule has 0 aliphatic rings. The quantitative estimate of drug-likeness (QED) is 0.635. The maximum absolute atomic E-state index is 11.7. The van der Waals surface area contributed by atoms with Crippen LogP contribution in [0.2, 0.25) is 0 Å². The molecule has 0 fully saturated rings. The summed E-state index contributed by atoms with van der Waals surface area (Å²) in [7, 11) is 0. The first-order chi connectivity index (χ1) is 6.19. The molecule has 0 amide bonds. The predicted molar refractivity (Wildman–Crippen MR) is 39.6 cm³/mol. The standard InChI is InChI=1S/C6H7FN2O4/c7-13-5(3-10)9-2-1-4(11)8-6(9)12/h1-2,5,10H,3H2,(H,8,11,12)/t5-/m1/s1. The first kappa shape index (κ1) is 9.62. The molecule has 0 aromatic carbocycles. The third-order valence-corrected chi connectivity index (χ3v) is 1.42. The van der Waals surface area contributed by atoms with Crippen molar-refractivity contribution >= 4 is 0 Å². The fourth-order valence-electron chi connectivity index (χ4n) is 0.813. The van der Waals surface area contributed by atoms with Gasteiger partial charge in [-0.25, -0.2) is 4.79 Å². The first-order valence-corrected chi connectivity index (χ1v) is 3.38. The summed E-state index contributed by atoms with van der Waals surface area (Å²) in [6, 6.07) is 1.02. The van der Waals surface area contributed by atoms with Crippen molar-refractivity contribution in [3.8, 4) is 0 Å². The number of hydrogen-bond donors (Lipinski definition) is 2. The Balaban J connectivity index is 3.14. The van der Waals surface area contributed by atoms with E-state index in [1.54, 1.807) is 0 Å². The third-order valence-electron chi connectivity index (χ3n) is 1.42. The Kier molecular flexibility index (Phi) is 2.93. The molecule has 1 heterocycles. The molecule has 0 radical (unpaired) electrons. The normalized spacial score (nSPS) is 12.8. The monoisotopic (exact) mass is 190 g/mol. The Morgan fingerprint density at radius 3 is 2.85 bits per heavy atom. The molecule has 0 bridgehead atoms. The van der Waals surface area contributed by atoms with Crippen molar-refractivity contribution in [2.24, 2.45) is 0 Å². The minimum absolute atomic E-state index is 0.600. The van der Waals surface area contributed by atoms with Gasteiger partial charge in [0.2, 0.25) is 6.23 Å². The highest BCUT2D eigenvalue weighted by molar-refractivity contribution is 4.83. The minimum atomic E-state index is -1.43. The second-order valence-electron chi connectivity index (χ2n) is 2.24. The fraction of sp³-hybridized carbons (Fsp3) is 0.333. The van der Waals surface area contributed by atoms with Crippen molar-refractivity contribution < 1.29 is 14.6 Å². The van der Waals surface area contributed by atoms with E-state index in [0.717, 1.165) is 16.8 Å². The Hall–Kier alpha value is -1.47. The summed E-state index contributed by atoms with van der Waals surface area (Å²) >= 11 is 0. The predicted octanol–water partition coefficient (Wildman–Crippen LogP) is -1.07. The summed E-state index contributed by atoms with van der Waals surface area (Å²) in [6.45, 7) is -0.706. The van der Waals surface area contributed by atoms with Crippen molar-refractivity contribution in [3.05, 3.63) is 33.1 Å². The van der Waals surface area contributed by atoms with E-state index in [2.05, 4.69) is 4.94 Å². The van der Waals surface area contributed by atoms with Crippen molar-refractivity contribution in [3.63, 3.8) is 0 Å². The van der Waals surface area contributed by atoms with Crippen LogP contribution in [-0.4, -0.2) is 21.3 Å². The molecule has 1 atom stereocenters. The first-order valence-electron chi connectivity index (χ1n) is 3.38. The second-order valence-corrected chi connectivity index (χ2v) is 2.24. The van der Waals surface area contributed by atoms with Gasteiger partial charge in [-0.1, -0.05) is 0 Å². The Labute approximate surface area is 71.1 Å². The summed E-state index contributed by atoms with van der Waals surface area (Å²) in [5.41, 5.74) is -1.44. The van der Waals surface area contributed by atoms with Crippen LogP contribution in [-0.2, 0) is 4.94 Å². The van der Waals surface area contributed by atoms with Crippen LogP contribution in [0.25, 0.3) is 0 Å². The SMILES string of the molecule is O=c1ccn([C@@H](CO)OF)c(=O)[nH]1. The van der Waals surface area contributed by atoms with Gasteiger partial charge < -0.3 is 5.11 Å². The van der Waals surface area contributed by atoms with Crippen molar-refractivity contribution in [1.29, 1.82) is 0 Å². The molecule has 2 N–H and O–H groups in total. The van der Waals surface area contributed by atoms with E-state index < -0.39 is 24.1 Å². The van der Waals surface area contributed by atoms with Gasteiger partial charge in [0.15, 0.2) is 0 Å². The number of rotatable bonds is 3. The number of aliphatic hydroxyl groups is 1. The molecule has 0 saturated carbocycles. The summed E-state index contributed by atoms with van der Waals surface area (Å²) in [4.78, 5) is 26.7. The van der Waals surface area contributed by atoms with Gasteiger partial charge in [0.1, 0.15) is 0 Å². The molecule has 1 aromatic rings. The van der Waals surface area contributed by atoms with Gasteiger partial charge in [-0.2, -0.15) is 4.94 Å². The number of hydrogen-bond acceptors (Lipinski definition) is 4. The van der Waals surface area contributed by atoms with Gasteiger partial charge in [-0.15, -0.1) is 0 Å². The van der Waals surface area contributed by atoms with E-state index in [-0.39, 0.29) is 0 Å². The molecule has 0 aliphatic carbocycles. The fourth-order valence-corrected chi connectivity index (χ4v) is 0.813. The molecular weight excluding hydrogens is 183 g/mol. The van der Waals surface area contributed by atoms with E-state index in [4.69, 9.17) is 5.11 Å². The molecule has 0 aliphatic heterocycles. The van der Waals surface area contributed by atoms with Gasteiger partial charge >= 0.3 is 5.69 Å². The van der Waals surface area contributed by atoms with Gasteiger partial charge in [0.25, 0.3) is 5.56 Å². The van der Waals surface area contributed by atoms with E-state index >= 15 is 0 Å². The smallest absolute Gasteiger partial charge is 0.330 e. The van der Waals surface area contributed by atoms with Gasteiger partial charge in [-0.05, 0) is 4.53 Å². The maximum Gasteiger partial charge on any atom is 0.330 e. The number of halogens is 1. The number of nitrogens with zero attached hydrogens (tertiary/aromatic N) is 1. The highest BCUT2D eigenvalue weighted by Crippen LogP contribution is 2.02. The lowest BCUT2D eigenvalue weighted by molar-refractivity contribution is -0.221. The minimum Gasteiger partial charge on any atom is -0.392 e. The van der Waals surface area contributed by atoms with Crippen LogP contribution < -0.4 is 11.2 Å². The summed E-state index contributed by atoms with van der Waals surface area (Å²) in [5.74, 6) is 0. The molecule has 72 valence electrons. The van der Waals surface area contributed by atoms with Crippen LogP contribution in [0.4, 0.5) is 4.53 Å². The second kappa shape index (κ2) is 3.97. The zero-order valence-corrected chi connectivity index (χ0v) is 6.44. The van der Waals surface area contributed by atoms with Crippen LogP contribution in [0.1, 0.15) is 6.23 Å². The number of aromatic amines is 1. The van der Waals surface area contributed by atoms with Crippen LogP contribution >= 0.6 is 0 Å². The zero-order chi connectivity index (χ0) is 9.84. The van der Waals surface area contributed by atoms with E-state index in [1.165, 1.54) is 0 Å². The molecule has 1 aromatic heterocycles. The lowest BCUT2D eigenvalue weighted by atomic mass is 10.5. The number of aliphatic hydroxyl groups excluding tert-OH is 1. The largest absolute Gasteiger partial charge is 0.392 e. The topological polar surface area (TPSA) is 84.3 Å². The lowest BCUT2D eigenvalue weighted by Crippen LogP contribution is -2.33. The number of aromatic nitrogens is 2. The van der Waals surface area contributed by atoms with Crippen molar-refractivity contribution in [2.45, 2.75) is 6.23 Å². The van der Waals surface area contributed by atoms with Crippen LogP contribution in [0.15, 0.2) is 21.9 Å². The molecule has 0 spiro atoms. The third kappa shape index (κ3) is 2.01. The van der Waals surface area contributed by atoms with Gasteiger partial charge in [-0.3, -0.25) is 14.3 Å². The van der Waals surface area contributed by atoms with E-state index in [9.17, 15) is 14.1 Å². The Bertz CT molecular complexity index is 381. The summed E-state index contributed by atoms with van der Waals surface area (Å²) in [5, 5.41) is 8.56. The van der Waals surface area contributed by atoms with Crippen molar-refractivity contribution in [1.82, 2.24) is 9.55 Å². The highest BCUT2D eigenvalue weighted by Gasteiger charge is 2.11. The van der Waals surface area contributed by atoms with Gasteiger partial charge in [0, 0.05) is 12.3 Å². The van der Waals surface area contributed by atoms with Crippen molar-refractivity contribution in [2.75, 3.05) is 6.61 Å². The Morgan fingerprint density at radius 1 is 1.69 bits per heavy atom. The highest BCUT2D eigenvalue weighted by atomic mass is 19.3. The van der Waals surface area contributed by atoms with Crippen LogP contribution in [0.5, 0.6) is 0 Å². The summed E-state index contributed by atoms with van der Waals surface area (Å²) in [6.07, 6.45) is -0.397. The van der Waals surface area contributed by atoms with E-state index in [0.29, 0.717) is 0 Å². The molecule has 0 unspecified atom stereocenters. The van der Waals surface area contributed by atoms with Gasteiger partial charge in [0.05, 0.1) is 6.61 Å². The van der Waals surface area contributed by atoms with Crippen LogP contribution in [0.3, 0.4) is 0 Å². The number of H-pyrrole nitrogens is 1. The molecule has 13 heavy (non-hydrogen) atoms. The molecular formula is C6H7FN2O4. The van der Waals surface area contributed by atoms with E-state index in [1.807, 2.05) is 4.98 Å². The average Bonchev–Trinajstić information content (AvgIpc) is 2.10. The average molecular weight is 190 g/mol. The lowest BCUT2D eigenvalue weighted by Gasteiger charge is -2.10. The summed E-state index contributed by atoms with van der Waals surface area (Å²) < 4.78 is 12.4. The molecule has 7 heteroatoms. The van der Waals surface area contributed by atoms with Crippen LogP contribution in [0, 0.1) is 0 Å². The molecule has 0 saturated heterocycles. The number of nitrogens with one attached hydrogen (secondary N) is 1. The molecule has 6 nitrogen and oxygen atoms in total. The zero-order valence-electron chi connectivity index (χ0n) is 6.44.